The second-order valence-corrected chi connectivity index (χ2v) is 7.56. The van der Waals surface area contributed by atoms with E-state index in [1.807, 2.05) is 12.1 Å². The van der Waals surface area contributed by atoms with Gasteiger partial charge in [-0.05, 0) is 30.9 Å². The molecule has 4 atom stereocenters. The molecule has 4 aliphatic rings. The van der Waals surface area contributed by atoms with Crippen molar-refractivity contribution in [1.29, 1.82) is 0 Å². The summed E-state index contributed by atoms with van der Waals surface area (Å²) in [6, 6.07) is 3.52. The highest BCUT2D eigenvalue weighted by atomic mass is 35.5. The van der Waals surface area contributed by atoms with E-state index in [0.717, 1.165) is 24.2 Å². The summed E-state index contributed by atoms with van der Waals surface area (Å²) in [5.41, 5.74) is 0.256. The molecule has 0 aromatic heterocycles. The van der Waals surface area contributed by atoms with Gasteiger partial charge in [-0.3, -0.25) is 9.69 Å². The Kier molecular flexibility index (Phi) is 3.53. The SMILES string of the molecule is C=CCN1CCC23c4c5ccc(O)c4O[C@H]2C(=O)CC[C@@]3(O)C1C5.[Cl-]. The van der Waals surface area contributed by atoms with Crippen LogP contribution in [0.1, 0.15) is 30.4 Å². The van der Waals surface area contributed by atoms with Crippen molar-refractivity contribution in [2.75, 3.05) is 13.1 Å². The standard InChI is InChI=1S/C19H21NO4.ClH/c1-2-8-20-9-7-18-15-11-3-4-12(21)16(15)24-17(18)13(22)5-6-19(18,23)14(20)10-11;/h2-4,14,17,21,23H,1,5-10H2;1H/p-1/t14?,17-,18?,19+;/m0./s1. The predicted octanol–water partition coefficient (Wildman–Crippen LogP) is -1.69. The molecule has 1 saturated carbocycles. The maximum absolute atomic E-state index is 12.6. The number of aliphatic hydroxyl groups is 1. The van der Waals surface area contributed by atoms with E-state index < -0.39 is 17.1 Å². The first-order chi connectivity index (χ1) is 11.5. The number of likely N-dealkylation sites (tertiary alicyclic amines) is 1. The molecule has 5 nitrogen and oxygen atoms in total. The molecule has 1 aromatic rings. The number of Topliss-reactive ketones (excluding diaryl/α,β-unsaturated/α-hetero) is 1. The number of carbonyl (C=O) groups excluding carboxylic acids is 1. The van der Waals surface area contributed by atoms with Gasteiger partial charge in [-0.1, -0.05) is 12.1 Å². The summed E-state index contributed by atoms with van der Waals surface area (Å²) in [6.45, 7) is 5.36. The van der Waals surface area contributed by atoms with E-state index in [9.17, 15) is 15.0 Å². The van der Waals surface area contributed by atoms with Gasteiger partial charge in [-0.2, -0.15) is 0 Å². The highest BCUT2D eigenvalue weighted by Crippen LogP contribution is 2.64. The van der Waals surface area contributed by atoms with Crippen LogP contribution in [0.15, 0.2) is 24.8 Å². The molecule has 2 aliphatic carbocycles. The first-order valence-corrected chi connectivity index (χ1v) is 8.65. The fourth-order valence-corrected chi connectivity index (χ4v) is 5.80. The second-order valence-electron chi connectivity index (χ2n) is 7.56. The van der Waals surface area contributed by atoms with Crippen molar-refractivity contribution in [3.05, 3.63) is 35.9 Å². The first-order valence-electron chi connectivity index (χ1n) is 8.65. The van der Waals surface area contributed by atoms with E-state index in [-0.39, 0.29) is 30.0 Å². The van der Waals surface area contributed by atoms with E-state index in [1.54, 1.807) is 6.07 Å². The zero-order chi connectivity index (χ0) is 16.7. The number of benzene rings is 1. The summed E-state index contributed by atoms with van der Waals surface area (Å²) >= 11 is 0. The fourth-order valence-electron chi connectivity index (χ4n) is 5.80. The molecular formula is C19H21ClNO4-. The van der Waals surface area contributed by atoms with Gasteiger partial charge in [-0.25, -0.2) is 0 Å². The summed E-state index contributed by atoms with van der Waals surface area (Å²) in [5.74, 6) is 0.528. The Morgan fingerprint density at radius 3 is 2.96 bits per heavy atom. The number of ether oxygens (including phenoxy) is 1. The molecule has 0 amide bonds. The molecule has 1 aromatic carbocycles. The van der Waals surface area contributed by atoms with Gasteiger partial charge in [0.05, 0.1) is 11.0 Å². The Labute approximate surface area is 152 Å². The third kappa shape index (κ3) is 1.74. The minimum absolute atomic E-state index is 0. The maximum atomic E-state index is 12.6. The zero-order valence-corrected chi connectivity index (χ0v) is 14.6. The van der Waals surface area contributed by atoms with E-state index in [4.69, 9.17) is 4.74 Å². The number of phenolic OH excluding ortho intramolecular Hbond substituents is 1. The summed E-state index contributed by atoms with van der Waals surface area (Å²) in [7, 11) is 0. The van der Waals surface area contributed by atoms with Gasteiger partial charge in [-0.15, -0.1) is 6.58 Å². The Balaban J connectivity index is 0.00000157. The van der Waals surface area contributed by atoms with Crippen LogP contribution in [0.3, 0.4) is 0 Å². The fraction of sp³-hybridized carbons (Fsp3) is 0.526. The molecule has 25 heavy (non-hydrogen) atoms. The van der Waals surface area contributed by atoms with Crippen LogP contribution in [0.5, 0.6) is 11.5 Å². The van der Waals surface area contributed by atoms with Gasteiger partial charge in [0, 0.05) is 31.1 Å². The summed E-state index contributed by atoms with van der Waals surface area (Å²) in [4.78, 5) is 14.9. The summed E-state index contributed by atoms with van der Waals surface area (Å²) in [5, 5.41) is 22.1. The van der Waals surface area contributed by atoms with Crippen LogP contribution < -0.4 is 17.1 Å². The van der Waals surface area contributed by atoms with E-state index in [2.05, 4.69) is 11.5 Å². The average Bonchev–Trinajstić information content (AvgIpc) is 2.91. The number of hydrogen-bond acceptors (Lipinski definition) is 5. The molecule has 2 heterocycles. The quantitative estimate of drug-likeness (QED) is 0.614. The van der Waals surface area contributed by atoms with Crippen LogP contribution in [-0.4, -0.2) is 51.7 Å². The van der Waals surface area contributed by atoms with Crippen molar-refractivity contribution in [1.82, 2.24) is 4.90 Å². The smallest absolute Gasteiger partial charge is 0.174 e. The number of nitrogens with zero attached hydrogens (tertiary/aromatic N) is 1. The number of piperidine rings is 1. The minimum atomic E-state index is -1.00. The summed E-state index contributed by atoms with van der Waals surface area (Å²) in [6.07, 6.45) is 3.35. The lowest BCUT2D eigenvalue weighted by Gasteiger charge is -2.62. The van der Waals surface area contributed by atoms with Crippen LogP contribution in [0.2, 0.25) is 0 Å². The zero-order valence-electron chi connectivity index (χ0n) is 13.9. The molecule has 1 spiro atoms. The van der Waals surface area contributed by atoms with E-state index in [0.29, 0.717) is 31.4 Å². The lowest BCUT2D eigenvalue weighted by molar-refractivity contribution is -0.187. The van der Waals surface area contributed by atoms with Crippen molar-refractivity contribution in [2.45, 2.75) is 48.8 Å². The number of aromatic hydroxyl groups is 1. The molecule has 2 unspecified atom stereocenters. The number of halogens is 1. The van der Waals surface area contributed by atoms with E-state index in [1.165, 1.54) is 0 Å². The van der Waals surface area contributed by atoms with Crippen molar-refractivity contribution in [3.8, 4) is 11.5 Å². The van der Waals surface area contributed by atoms with Crippen molar-refractivity contribution in [3.63, 3.8) is 0 Å². The monoisotopic (exact) mass is 362 g/mol. The lowest BCUT2D eigenvalue weighted by atomic mass is 9.49. The van der Waals surface area contributed by atoms with Gasteiger partial charge in [0.15, 0.2) is 23.4 Å². The molecule has 2 N–H and O–H groups in total. The van der Waals surface area contributed by atoms with Crippen LogP contribution in [0, 0.1) is 0 Å². The molecule has 5 rings (SSSR count). The van der Waals surface area contributed by atoms with Crippen molar-refractivity contribution in [2.24, 2.45) is 0 Å². The largest absolute Gasteiger partial charge is 1.00 e. The Morgan fingerprint density at radius 1 is 1.40 bits per heavy atom. The molecule has 6 heteroatoms. The Bertz CT molecular complexity index is 781. The third-order valence-electron chi connectivity index (χ3n) is 6.73. The maximum Gasteiger partial charge on any atom is 0.174 e. The Hall–Kier alpha value is -1.56. The minimum Gasteiger partial charge on any atom is -1.00 e. The van der Waals surface area contributed by atoms with Crippen molar-refractivity contribution >= 4 is 5.78 Å². The van der Waals surface area contributed by atoms with Gasteiger partial charge in [0.2, 0.25) is 0 Å². The first kappa shape index (κ1) is 16.9. The van der Waals surface area contributed by atoms with E-state index >= 15 is 0 Å². The topological polar surface area (TPSA) is 70.0 Å². The number of phenols is 1. The van der Waals surface area contributed by atoms with Gasteiger partial charge < -0.3 is 27.4 Å². The van der Waals surface area contributed by atoms with Crippen LogP contribution in [0.25, 0.3) is 0 Å². The van der Waals surface area contributed by atoms with Crippen LogP contribution in [0.4, 0.5) is 0 Å². The van der Waals surface area contributed by atoms with Crippen molar-refractivity contribution < 1.29 is 32.2 Å². The van der Waals surface area contributed by atoms with Crippen LogP contribution in [-0.2, 0) is 16.6 Å². The number of rotatable bonds is 2. The average molecular weight is 363 g/mol. The lowest BCUT2D eigenvalue weighted by Crippen LogP contribution is -3.00. The number of hydrogen-bond donors (Lipinski definition) is 2. The highest BCUT2D eigenvalue weighted by molar-refractivity contribution is 5.90. The molecule has 134 valence electrons. The molecule has 1 saturated heterocycles. The molecule has 2 aliphatic heterocycles. The van der Waals surface area contributed by atoms with Gasteiger partial charge in [0.1, 0.15) is 0 Å². The molecular weight excluding hydrogens is 342 g/mol. The van der Waals surface area contributed by atoms with Crippen LogP contribution >= 0.6 is 0 Å². The highest BCUT2D eigenvalue weighted by Gasteiger charge is 2.72. The summed E-state index contributed by atoms with van der Waals surface area (Å²) < 4.78 is 5.98. The van der Waals surface area contributed by atoms with Gasteiger partial charge >= 0.3 is 0 Å². The number of ketones is 1. The molecule has 2 fully saturated rings. The predicted molar refractivity (Wildman–Crippen MR) is 87.3 cm³/mol. The van der Waals surface area contributed by atoms with Gasteiger partial charge in [0.25, 0.3) is 0 Å². The molecule has 2 bridgehead atoms. The third-order valence-corrected chi connectivity index (χ3v) is 6.73. The number of carbonyl (C=O) groups is 1. The molecule has 0 radical (unpaired) electrons. The normalized spacial score (nSPS) is 37.7. The Morgan fingerprint density at radius 2 is 2.20 bits per heavy atom. The second kappa shape index (κ2) is 5.22.